The molecule has 1 amide bonds. The molecule has 0 bridgehead atoms. The lowest BCUT2D eigenvalue weighted by Gasteiger charge is -2.24. The van der Waals surface area contributed by atoms with E-state index in [9.17, 15) is 9.90 Å². The standard InChI is InChI=1S/C15H22Cl2N2O2/c1-4-19(9-15(21)18-10(2)3)8-14(20)12-6-5-11(16)7-13(12)17/h5-7,10,14,20H,4,8-9H2,1-3H3,(H,18,21). The largest absolute Gasteiger partial charge is 0.387 e. The molecule has 2 N–H and O–H groups in total. The average molecular weight is 333 g/mol. The average Bonchev–Trinajstić information content (AvgIpc) is 2.36. The van der Waals surface area contributed by atoms with Crippen molar-refractivity contribution in [1.82, 2.24) is 10.2 Å². The first-order valence-corrected chi connectivity index (χ1v) is 7.73. The fourth-order valence-corrected chi connectivity index (χ4v) is 2.53. The van der Waals surface area contributed by atoms with E-state index in [1.807, 2.05) is 25.7 Å². The van der Waals surface area contributed by atoms with Crippen LogP contribution in [0.5, 0.6) is 0 Å². The number of nitrogens with zero attached hydrogens (tertiary/aromatic N) is 1. The van der Waals surface area contributed by atoms with Crippen molar-refractivity contribution in [2.75, 3.05) is 19.6 Å². The van der Waals surface area contributed by atoms with Crippen LogP contribution in [0, 0.1) is 0 Å². The lowest BCUT2D eigenvalue weighted by atomic mass is 10.1. The lowest BCUT2D eigenvalue weighted by Crippen LogP contribution is -2.41. The number of hydrogen-bond acceptors (Lipinski definition) is 3. The summed E-state index contributed by atoms with van der Waals surface area (Å²) in [6, 6.07) is 5.10. The first kappa shape index (κ1) is 18.2. The minimum Gasteiger partial charge on any atom is -0.387 e. The summed E-state index contributed by atoms with van der Waals surface area (Å²) in [7, 11) is 0. The molecule has 1 aromatic carbocycles. The van der Waals surface area contributed by atoms with Crippen molar-refractivity contribution in [1.29, 1.82) is 0 Å². The van der Waals surface area contributed by atoms with Crippen molar-refractivity contribution < 1.29 is 9.90 Å². The predicted molar refractivity (Wildman–Crippen MR) is 86.8 cm³/mol. The first-order chi connectivity index (χ1) is 9.83. The summed E-state index contributed by atoms with van der Waals surface area (Å²) in [5, 5.41) is 14.1. The fourth-order valence-electron chi connectivity index (χ4n) is 1.99. The number of amides is 1. The molecule has 118 valence electrons. The van der Waals surface area contributed by atoms with Gasteiger partial charge >= 0.3 is 0 Å². The highest BCUT2D eigenvalue weighted by atomic mass is 35.5. The van der Waals surface area contributed by atoms with Gasteiger partial charge in [-0.05, 0) is 32.5 Å². The number of nitrogens with one attached hydrogen (secondary N) is 1. The molecule has 0 heterocycles. The number of aliphatic hydroxyl groups is 1. The Morgan fingerprint density at radius 3 is 2.57 bits per heavy atom. The van der Waals surface area contributed by atoms with Crippen molar-refractivity contribution in [2.24, 2.45) is 0 Å². The molecule has 6 heteroatoms. The van der Waals surface area contributed by atoms with E-state index in [1.54, 1.807) is 18.2 Å². The Morgan fingerprint density at radius 1 is 1.38 bits per heavy atom. The van der Waals surface area contributed by atoms with Crippen LogP contribution < -0.4 is 5.32 Å². The van der Waals surface area contributed by atoms with Gasteiger partial charge in [0.25, 0.3) is 0 Å². The summed E-state index contributed by atoms with van der Waals surface area (Å²) in [4.78, 5) is 13.6. The fraction of sp³-hybridized carbons (Fsp3) is 0.533. The van der Waals surface area contributed by atoms with Crippen LogP contribution in [-0.4, -0.2) is 41.6 Å². The van der Waals surface area contributed by atoms with Crippen molar-refractivity contribution >= 4 is 29.1 Å². The van der Waals surface area contributed by atoms with Gasteiger partial charge in [0.15, 0.2) is 0 Å². The van der Waals surface area contributed by atoms with E-state index >= 15 is 0 Å². The third-order valence-electron chi connectivity index (χ3n) is 3.02. The number of likely N-dealkylation sites (N-methyl/N-ethyl adjacent to an activating group) is 1. The van der Waals surface area contributed by atoms with E-state index in [4.69, 9.17) is 23.2 Å². The molecule has 0 aromatic heterocycles. The van der Waals surface area contributed by atoms with Gasteiger partial charge in [0, 0.05) is 28.2 Å². The van der Waals surface area contributed by atoms with Gasteiger partial charge in [0.2, 0.25) is 5.91 Å². The monoisotopic (exact) mass is 332 g/mol. The molecule has 0 radical (unpaired) electrons. The van der Waals surface area contributed by atoms with E-state index in [2.05, 4.69) is 5.32 Å². The van der Waals surface area contributed by atoms with Crippen LogP contribution in [0.1, 0.15) is 32.4 Å². The zero-order valence-electron chi connectivity index (χ0n) is 12.6. The number of halogens is 2. The topological polar surface area (TPSA) is 52.6 Å². The zero-order valence-corrected chi connectivity index (χ0v) is 14.1. The van der Waals surface area contributed by atoms with E-state index in [-0.39, 0.29) is 18.5 Å². The van der Waals surface area contributed by atoms with Crippen LogP contribution in [-0.2, 0) is 4.79 Å². The SMILES string of the molecule is CCN(CC(=O)NC(C)C)CC(O)c1ccc(Cl)cc1Cl. The van der Waals surface area contributed by atoms with E-state index in [0.717, 1.165) is 0 Å². The maximum Gasteiger partial charge on any atom is 0.234 e. The Bertz CT molecular complexity index is 481. The van der Waals surface area contributed by atoms with Gasteiger partial charge in [0.05, 0.1) is 12.6 Å². The van der Waals surface area contributed by atoms with Crippen molar-refractivity contribution in [3.05, 3.63) is 33.8 Å². The van der Waals surface area contributed by atoms with Crippen molar-refractivity contribution in [2.45, 2.75) is 32.9 Å². The molecule has 1 rings (SSSR count). The number of hydrogen-bond donors (Lipinski definition) is 2. The van der Waals surface area contributed by atoms with Crippen LogP contribution in [0.2, 0.25) is 10.0 Å². The molecule has 0 spiro atoms. The highest BCUT2D eigenvalue weighted by molar-refractivity contribution is 6.35. The molecule has 21 heavy (non-hydrogen) atoms. The number of benzene rings is 1. The lowest BCUT2D eigenvalue weighted by molar-refractivity contribution is -0.123. The Balaban J connectivity index is 2.65. The summed E-state index contributed by atoms with van der Waals surface area (Å²) in [6.45, 7) is 7.01. The van der Waals surface area contributed by atoms with Gasteiger partial charge in [-0.2, -0.15) is 0 Å². The van der Waals surface area contributed by atoms with Crippen LogP contribution >= 0.6 is 23.2 Å². The molecule has 1 atom stereocenters. The number of carbonyl (C=O) groups is 1. The highest BCUT2D eigenvalue weighted by Crippen LogP contribution is 2.26. The molecular formula is C15H22Cl2N2O2. The molecule has 0 aliphatic carbocycles. The van der Waals surface area contributed by atoms with Crippen LogP contribution in [0.25, 0.3) is 0 Å². The van der Waals surface area contributed by atoms with Gasteiger partial charge in [0.1, 0.15) is 0 Å². The van der Waals surface area contributed by atoms with E-state index < -0.39 is 6.10 Å². The highest BCUT2D eigenvalue weighted by Gasteiger charge is 2.17. The third kappa shape index (κ3) is 6.22. The summed E-state index contributed by atoms with van der Waals surface area (Å²) >= 11 is 11.9. The molecule has 1 unspecified atom stereocenters. The van der Waals surface area contributed by atoms with Gasteiger partial charge in [-0.15, -0.1) is 0 Å². The minimum atomic E-state index is -0.762. The number of rotatable bonds is 7. The molecule has 0 fully saturated rings. The normalized spacial score (nSPS) is 12.8. The molecule has 0 saturated heterocycles. The van der Waals surface area contributed by atoms with Crippen LogP contribution in [0.3, 0.4) is 0 Å². The van der Waals surface area contributed by atoms with E-state index in [0.29, 0.717) is 28.7 Å². The summed E-state index contributed by atoms with van der Waals surface area (Å²) in [5.74, 6) is -0.0544. The van der Waals surface area contributed by atoms with Gasteiger partial charge in [-0.1, -0.05) is 36.2 Å². The van der Waals surface area contributed by atoms with Crippen LogP contribution in [0.15, 0.2) is 18.2 Å². The zero-order chi connectivity index (χ0) is 16.0. The second kappa shape index (κ2) is 8.59. The molecule has 1 aromatic rings. The Labute approximate surface area is 136 Å². The maximum absolute atomic E-state index is 11.8. The van der Waals surface area contributed by atoms with Crippen molar-refractivity contribution in [3.8, 4) is 0 Å². The molecule has 0 aliphatic rings. The molecular weight excluding hydrogens is 311 g/mol. The number of aliphatic hydroxyl groups excluding tert-OH is 1. The minimum absolute atomic E-state index is 0.0544. The molecule has 0 aliphatic heterocycles. The quantitative estimate of drug-likeness (QED) is 0.807. The summed E-state index contributed by atoms with van der Waals surface area (Å²) < 4.78 is 0. The van der Waals surface area contributed by atoms with Crippen molar-refractivity contribution in [3.63, 3.8) is 0 Å². The maximum atomic E-state index is 11.8. The predicted octanol–water partition coefficient (Wildman–Crippen LogP) is 2.87. The second-order valence-corrected chi connectivity index (χ2v) is 6.08. The third-order valence-corrected chi connectivity index (χ3v) is 3.58. The molecule has 0 saturated carbocycles. The second-order valence-electron chi connectivity index (χ2n) is 5.23. The van der Waals surface area contributed by atoms with E-state index in [1.165, 1.54) is 0 Å². The molecule has 4 nitrogen and oxygen atoms in total. The van der Waals surface area contributed by atoms with Gasteiger partial charge in [-0.3, -0.25) is 9.69 Å². The number of carbonyl (C=O) groups excluding carboxylic acids is 1. The smallest absolute Gasteiger partial charge is 0.234 e. The Kier molecular flexibility index (Phi) is 7.46. The first-order valence-electron chi connectivity index (χ1n) is 6.98. The van der Waals surface area contributed by atoms with Gasteiger partial charge < -0.3 is 10.4 Å². The van der Waals surface area contributed by atoms with Crippen LogP contribution in [0.4, 0.5) is 0 Å². The summed E-state index contributed by atoms with van der Waals surface area (Å²) in [6.07, 6.45) is -0.762. The Morgan fingerprint density at radius 2 is 2.05 bits per heavy atom. The Hall–Kier alpha value is -0.810. The van der Waals surface area contributed by atoms with Gasteiger partial charge in [-0.25, -0.2) is 0 Å². The summed E-state index contributed by atoms with van der Waals surface area (Å²) in [5.41, 5.74) is 0.615.